The maximum absolute atomic E-state index is 6.05. The molecule has 2 saturated heterocycles. The molecule has 0 spiro atoms. The first-order chi connectivity index (χ1) is 8.46. The summed E-state index contributed by atoms with van der Waals surface area (Å²) in [4.78, 5) is 0. The summed E-state index contributed by atoms with van der Waals surface area (Å²) in [5, 5.41) is 0. The van der Waals surface area contributed by atoms with Crippen molar-refractivity contribution in [3.63, 3.8) is 0 Å². The van der Waals surface area contributed by atoms with Crippen molar-refractivity contribution >= 4 is 14.0 Å². The zero-order valence-corrected chi connectivity index (χ0v) is 13.4. The van der Waals surface area contributed by atoms with Crippen LogP contribution in [0.1, 0.15) is 55.4 Å². The van der Waals surface area contributed by atoms with E-state index in [1.165, 1.54) is 0 Å². The molecule has 2 atom stereocenters. The molecule has 0 aliphatic carbocycles. The second-order valence-corrected chi connectivity index (χ2v) is 7.34. The lowest BCUT2D eigenvalue weighted by Crippen LogP contribution is -2.58. The molecule has 0 bridgehead atoms. The van der Waals surface area contributed by atoms with Gasteiger partial charge in [-0.25, -0.2) is 0 Å². The Morgan fingerprint density at radius 2 is 1.21 bits per heavy atom. The highest BCUT2D eigenvalue weighted by Gasteiger charge is 2.60. The quantitative estimate of drug-likeness (QED) is 0.684. The molecule has 19 heavy (non-hydrogen) atoms. The molecular weight excluding hydrogens is 242 g/mol. The van der Waals surface area contributed by atoms with E-state index in [-0.39, 0.29) is 22.9 Å². The molecule has 0 N–H and O–H groups in total. The van der Waals surface area contributed by atoms with Crippen LogP contribution in [0, 0.1) is 5.92 Å². The van der Waals surface area contributed by atoms with Crippen LogP contribution in [0.15, 0.2) is 0 Å². The molecule has 0 aromatic carbocycles. The summed E-state index contributed by atoms with van der Waals surface area (Å²) in [5.74, 6) is 0.325. The Balaban J connectivity index is 2.13. The van der Waals surface area contributed by atoms with Gasteiger partial charge in [-0.1, -0.05) is 6.92 Å². The van der Waals surface area contributed by atoms with E-state index in [0.29, 0.717) is 5.92 Å². The van der Waals surface area contributed by atoms with E-state index in [2.05, 4.69) is 27.7 Å². The number of rotatable bonds is 1. The van der Waals surface area contributed by atoms with Crippen molar-refractivity contribution in [2.24, 2.45) is 5.92 Å². The molecule has 2 aliphatic heterocycles. The average Bonchev–Trinajstić information content (AvgIpc) is 2.44. The lowest BCUT2D eigenvalue weighted by molar-refractivity contribution is -0.0732. The Kier molecular flexibility index (Phi) is 3.63. The van der Waals surface area contributed by atoms with E-state index in [1.54, 1.807) is 0 Å². The molecule has 0 aromatic rings. The van der Waals surface area contributed by atoms with Gasteiger partial charge in [0.25, 0.3) is 0 Å². The maximum Gasteiger partial charge on any atom is 0.488 e. The van der Waals surface area contributed by atoms with E-state index < -0.39 is 14.0 Å². The summed E-state index contributed by atoms with van der Waals surface area (Å²) < 4.78 is 24.0. The summed E-state index contributed by atoms with van der Waals surface area (Å²) in [6, 6.07) is 0. The van der Waals surface area contributed by atoms with Crippen LogP contribution < -0.4 is 0 Å². The summed E-state index contributed by atoms with van der Waals surface area (Å²) in [6.45, 7) is 16.5. The molecule has 2 fully saturated rings. The number of hydrogen-bond acceptors (Lipinski definition) is 4. The van der Waals surface area contributed by atoms with E-state index in [9.17, 15) is 0 Å². The van der Waals surface area contributed by atoms with Crippen molar-refractivity contribution in [1.29, 1.82) is 0 Å². The van der Waals surface area contributed by atoms with Crippen LogP contribution in [0.4, 0.5) is 0 Å². The largest absolute Gasteiger partial charge is 0.488 e. The summed E-state index contributed by atoms with van der Waals surface area (Å²) in [5.41, 5.74) is -0.965. The molecule has 4 nitrogen and oxygen atoms in total. The highest BCUT2D eigenvalue weighted by molar-refractivity contribution is 7.11. The topological polar surface area (TPSA) is 36.9 Å². The average molecular weight is 268 g/mol. The van der Waals surface area contributed by atoms with Crippen molar-refractivity contribution in [3.8, 4) is 0 Å². The van der Waals surface area contributed by atoms with E-state index in [4.69, 9.17) is 18.6 Å². The van der Waals surface area contributed by atoms with Crippen molar-refractivity contribution in [2.75, 3.05) is 0 Å². The maximum atomic E-state index is 6.05. The molecule has 0 amide bonds. The second-order valence-electron chi connectivity index (χ2n) is 7.34. The van der Waals surface area contributed by atoms with Crippen molar-refractivity contribution in [1.82, 2.24) is 0 Å². The van der Waals surface area contributed by atoms with Crippen molar-refractivity contribution in [2.45, 2.75) is 78.3 Å². The van der Waals surface area contributed by atoms with Crippen LogP contribution in [-0.2, 0) is 18.6 Å². The van der Waals surface area contributed by atoms with Crippen LogP contribution in [0.25, 0.3) is 0 Å². The highest BCUT2D eigenvalue weighted by atomic mass is 16.7. The molecule has 6 heteroatoms. The van der Waals surface area contributed by atoms with Gasteiger partial charge >= 0.3 is 14.0 Å². The van der Waals surface area contributed by atoms with Crippen molar-refractivity contribution in [3.05, 3.63) is 0 Å². The van der Waals surface area contributed by atoms with Gasteiger partial charge < -0.3 is 18.6 Å². The van der Waals surface area contributed by atoms with Gasteiger partial charge in [-0.15, -0.1) is 0 Å². The standard InChI is InChI=1S/C13H26B2O4/c1-9-10(2)16-14(17-11(9,3)4)15-18-12(5,6)13(7,8)19-15/h9-10H,1-8H3. The Morgan fingerprint density at radius 3 is 1.63 bits per heavy atom. The third kappa shape index (κ3) is 2.60. The van der Waals surface area contributed by atoms with Gasteiger partial charge in [0, 0.05) is 12.0 Å². The molecule has 2 aliphatic rings. The van der Waals surface area contributed by atoms with E-state index >= 15 is 0 Å². The molecule has 2 rings (SSSR count). The Hall–Kier alpha value is -0.0301. The molecule has 2 unspecified atom stereocenters. The number of hydrogen-bond donors (Lipinski definition) is 0. The molecule has 0 saturated carbocycles. The van der Waals surface area contributed by atoms with E-state index in [0.717, 1.165) is 0 Å². The van der Waals surface area contributed by atoms with Gasteiger partial charge in [0.15, 0.2) is 0 Å². The van der Waals surface area contributed by atoms with Gasteiger partial charge in [0.2, 0.25) is 0 Å². The summed E-state index contributed by atoms with van der Waals surface area (Å²) in [7, 11) is -0.943. The lowest BCUT2D eigenvalue weighted by Gasteiger charge is -2.44. The van der Waals surface area contributed by atoms with Gasteiger partial charge in [-0.05, 0) is 48.5 Å². The zero-order chi connectivity index (χ0) is 14.6. The normalized spacial score (nSPS) is 36.6. The first-order valence-electron chi connectivity index (χ1n) is 7.15. The predicted octanol–water partition coefficient (Wildman–Crippen LogP) is 2.50. The Bertz CT molecular complexity index is 341. The Morgan fingerprint density at radius 1 is 0.737 bits per heavy atom. The fourth-order valence-electron chi connectivity index (χ4n) is 2.45. The highest BCUT2D eigenvalue weighted by Crippen LogP contribution is 2.40. The zero-order valence-electron chi connectivity index (χ0n) is 13.4. The second kappa shape index (κ2) is 4.48. The monoisotopic (exact) mass is 268 g/mol. The minimum absolute atomic E-state index is 0.118. The first-order valence-corrected chi connectivity index (χ1v) is 7.15. The van der Waals surface area contributed by atoms with Gasteiger partial charge in [0.1, 0.15) is 0 Å². The van der Waals surface area contributed by atoms with E-state index in [1.807, 2.05) is 27.7 Å². The molecular formula is C13H26B2O4. The Labute approximate surface area is 117 Å². The predicted molar refractivity (Wildman–Crippen MR) is 76.7 cm³/mol. The molecule has 0 aromatic heterocycles. The fraction of sp³-hybridized carbons (Fsp3) is 1.00. The summed E-state index contributed by atoms with van der Waals surface area (Å²) in [6.07, 6.45) is 0.118. The third-order valence-electron chi connectivity index (χ3n) is 5.06. The fourth-order valence-corrected chi connectivity index (χ4v) is 2.45. The van der Waals surface area contributed by atoms with Gasteiger partial charge in [-0.3, -0.25) is 0 Å². The first kappa shape index (κ1) is 15.4. The minimum atomic E-state index is -0.473. The molecule has 0 radical (unpaired) electrons. The summed E-state index contributed by atoms with van der Waals surface area (Å²) >= 11 is 0. The third-order valence-corrected chi connectivity index (χ3v) is 5.06. The van der Waals surface area contributed by atoms with Crippen LogP contribution in [-0.4, -0.2) is 36.9 Å². The van der Waals surface area contributed by atoms with Gasteiger partial charge in [-0.2, -0.15) is 0 Å². The SMILES string of the molecule is CC1OB(B2OC(C)(C)C(C)(C)O2)OC(C)(C)C1C. The van der Waals surface area contributed by atoms with Crippen LogP contribution in [0.2, 0.25) is 0 Å². The van der Waals surface area contributed by atoms with Gasteiger partial charge in [0.05, 0.1) is 16.8 Å². The molecule has 2 heterocycles. The van der Waals surface area contributed by atoms with Crippen LogP contribution in [0.5, 0.6) is 0 Å². The van der Waals surface area contributed by atoms with Crippen LogP contribution >= 0.6 is 0 Å². The lowest BCUT2D eigenvalue weighted by atomic mass is 9.47. The minimum Gasteiger partial charge on any atom is -0.410 e. The smallest absolute Gasteiger partial charge is 0.410 e. The van der Waals surface area contributed by atoms with Crippen LogP contribution in [0.3, 0.4) is 0 Å². The molecule has 108 valence electrons. The van der Waals surface area contributed by atoms with Crippen molar-refractivity contribution < 1.29 is 18.6 Å².